The normalized spacial score (nSPS) is 22.7. The Morgan fingerprint density at radius 3 is 2.92 bits per heavy atom. The smallest absolute Gasteiger partial charge is 0.174 e. The fraction of sp³-hybridized carbons (Fsp3) is 0.368. The summed E-state index contributed by atoms with van der Waals surface area (Å²) in [7, 11) is 0. The van der Waals surface area contributed by atoms with Gasteiger partial charge in [-0.15, -0.1) is 0 Å². The Kier molecular flexibility index (Phi) is 4.36. The Labute approximate surface area is 140 Å². The summed E-state index contributed by atoms with van der Waals surface area (Å²) in [5.41, 5.74) is 2.21. The number of ether oxygens (including phenoxy) is 1. The van der Waals surface area contributed by atoms with Gasteiger partial charge in [-0.3, -0.25) is 0 Å². The first-order chi connectivity index (χ1) is 11.8. The van der Waals surface area contributed by atoms with Crippen molar-refractivity contribution < 1.29 is 18.9 Å². The molecule has 1 N–H and O–H groups in total. The Morgan fingerprint density at radius 2 is 2.04 bits per heavy atom. The lowest BCUT2D eigenvalue weighted by Crippen LogP contribution is -2.38. The number of nitrogens with one attached hydrogen (secondary N) is 1. The number of rotatable bonds is 4. The van der Waals surface area contributed by atoms with Gasteiger partial charge in [-0.1, -0.05) is 12.1 Å². The fourth-order valence-electron chi connectivity index (χ4n) is 3.43. The van der Waals surface area contributed by atoms with E-state index in [1.807, 2.05) is 30.3 Å². The Balaban J connectivity index is 1.44. The minimum Gasteiger partial charge on any atom is -0.493 e. The summed E-state index contributed by atoms with van der Waals surface area (Å²) in [6.07, 6.45) is 1.03. The van der Waals surface area contributed by atoms with Crippen molar-refractivity contribution in [3.8, 4) is 11.5 Å². The van der Waals surface area contributed by atoms with Crippen LogP contribution in [0.2, 0.25) is 0 Å². The Hall–Kier alpha value is -2.11. The first kappa shape index (κ1) is 15.4. The van der Waals surface area contributed by atoms with Gasteiger partial charge in [-0.25, -0.2) is 4.39 Å². The largest absolute Gasteiger partial charge is 0.493 e. The molecular formula is C19H20FNO3. The third kappa shape index (κ3) is 3.23. The van der Waals surface area contributed by atoms with E-state index in [0.29, 0.717) is 25.0 Å². The third-order valence-corrected chi connectivity index (χ3v) is 4.77. The molecule has 2 aromatic carbocycles. The highest BCUT2D eigenvalue weighted by molar-refractivity contribution is 5.41. The zero-order valence-electron chi connectivity index (χ0n) is 13.3. The van der Waals surface area contributed by atoms with Crippen LogP contribution in [-0.2, 0) is 11.5 Å². The molecule has 2 aliphatic rings. The van der Waals surface area contributed by atoms with Gasteiger partial charge in [0.25, 0.3) is 0 Å². The second-order valence-corrected chi connectivity index (χ2v) is 6.34. The first-order valence-electron chi connectivity index (χ1n) is 8.31. The van der Waals surface area contributed by atoms with Crippen molar-refractivity contribution in [2.24, 2.45) is 5.92 Å². The maximum atomic E-state index is 13.2. The molecule has 0 unspecified atom stereocenters. The van der Waals surface area contributed by atoms with E-state index in [0.717, 1.165) is 36.6 Å². The molecule has 2 aliphatic heterocycles. The summed E-state index contributed by atoms with van der Waals surface area (Å²) in [6, 6.07) is 12.6. The minimum absolute atomic E-state index is 0.194. The van der Waals surface area contributed by atoms with Gasteiger partial charge in [0.05, 0.1) is 6.61 Å². The average Bonchev–Trinajstić information content (AvgIpc) is 3.09. The number of halogens is 1. The highest BCUT2D eigenvalue weighted by Gasteiger charge is 2.27. The number of benzene rings is 2. The predicted octanol–water partition coefficient (Wildman–Crippen LogP) is 3.42. The van der Waals surface area contributed by atoms with Gasteiger partial charge in [0.15, 0.2) is 5.75 Å². The molecule has 0 aromatic heterocycles. The van der Waals surface area contributed by atoms with Crippen LogP contribution in [0.4, 0.5) is 4.39 Å². The lowest BCUT2D eigenvalue weighted by atomic mass is 9.81. The SMILES string of the molecule is Fc1ccc([C@H]2CCNC[C@@H]2COc2ccc3c(c2)OOC3)cc1. The second kappa shape index (κ2) is 6.79. The summed E-state index contributed by atoms with van der Waals surface area (Å²) in [4.78, 5) is 10.1. The molecule has 1 fully saturated rings. The number of fused-ring (bicyclic) bond motifs is 1. The van der Waals surface area contributed by atoms with E-state index < -0.39 is 0 Å². The Bertz CT molecular complexity index is 704. The van der Waals surface area contributed by atoms with Crippen LogP contribution in [0.1, 0.15) is 23.5 Å². The van der Waals surface area contributed by atoms with Gasteiger partial charge in [0.2, 0.25) is 0 Å². The first-order valence-corrected chi connectivity index (χ1v) is 8.31. The summed E-state index contributed by atoms with van der Waals surface area (Å²) < 4.78 is 19.2. The molecule has 1 saturated heterocycles. The van der Waals surface area contributed by atoms with Crippen LogP contribution in [0.15, 0.2) is 42.5 Å². The Morgan fingerprint density at radius 1 is 1.17 bits per heavy atom. The van der Waals surface area contributed by atoms with Crippen LogP contribution in [-0.4, -0.2) is 19.7 Å². The van der Waals surface area contributed by atoms with Gasteiger partial charge in [-0.05, 0) is 48.7 Å². The van der Waals surface area contributed by atoms with Gasteiger partial charge < -0.3 is 14.9 Å². The summed E-state index contributed by atoms with van der Waals surface area (Å²) in [5.74, 6) is 2.03. The van der Waals surface area contributed by atoms with Crippen molar-refractivity contribution in [3.63, 3.8) is 0 Å². The van der Waals surface area contributed by atoms with Crippen molar-refractivity contribution in [1.82, 2.24) is 5.32 Å². The standard InChI is InChI=1S/C19H20FNO3/c20-16-4-1-13(2-5-16)18-7-8-21-10-15(18)11-22-17-6-3-14-12-23-24-19(14)9-17/h1-6,9,15,18,21H,7-8,10-12H2/t15-,18-/m1/s1. The third-order valence-electron chi connectivity index (χ3n) is 4.77. The minimum atomic E-state index is -0.194. The van der Waals surface area contributed by atoms with Crippen molar-refractivity contribution in [3.05, 3.63) is 59.4 Å². The van der Waals surface area contributed by atoms with Crippen molar-refractivity contribution >= 4 is 0 Å². The van der Waals surface area contributed by atoms with Crippen LogP contribution in [0.25, 0.3) is 0 Å². The molecule has 4 rings (SSSR count). The van der Waals surface area contributed by atoms with Gasteiger partial charge in [-0.2, -0.15) is 4.89 Å². The number of hydrogen-bond donors (Lipinski definition) is 1. The van der Waals surface area contributed by atoms with Gasteiger partial charge in [0, 0.05) is 24.1 Å². The predicted molar refractivity (Wildman–Crippen MR) is 87.5 cm³/mol. The second-order valence-electron chi connectivity index (χ2n) is 6.34. The molecule has 0 amide bonds. The highest BCUT2D eigenvalue weighted by atomic mass is 19.1. The van der Waals surface area contributed by atoms with E-state index in [1.54, 1.807) is 0 Å². The van der Waals surface area contributed by atoms with Crippen LogP contribution >= 0.6 is 0 Å². The molecule has 5 heteroatoms. The van der Waals surface area contributed by atoms with Gasteiger partial charge >= 0.3 is 0 Å². The number of piperidine rings is 1. The highest BCUT2D eigenvalue weighted by Crippen LogP contribution is 2.33. The summed E-state index contributed by atoms with van der Waals surface area (Å²) in [6.45, 7) is 2.96. The molecule has 0 aliphatic carbocycles. The van der Waals surface area contributed by atoms with Crippen LogP contribution in [0.5, 0.6) is 11.5 Å². The maximum absolute atomic E-state index is 13.2. The summed E-state index contributed by atoms with van der Waals surface area (Å²) >= 11 is 0. The van der Waals surface area contributed by atoms with Crippen molar-refractivity contribution in [2.45, 2.75) is 18.9 Å². The molecule has 126 valence electrons. The molecule has 0 radical (unpaired) electrons. The van der Waals surface area contributed by atoms with E-state index in [4.69, 9.17) is 14.5 Å². The monoisotopic (exact) mass is 329 g/mol. The molecule has 24 heavy (non-hydrogen) atoms. The summed E-state index contributed by atoms with van der Waals surface area (Å²) in [5, 5.41) is 3.43. The van der Waals surface area contributed by atoms with Crippen LogP contribution in [0.3, 0.4) is 0 Å². The number of hydrogen-bond acceptors (Lipinski definition) is 4. The van der Waals surface area contributed by atoms with Crippen molar-refractivity contribution in [2.75, 3.05) is 19.7 Å². The molecule has 0 saturated carbocycles. The lowest BCUT2D eigenvalue weighted by Gasteiger charge is -2.32. The topological polar surface area (TPSA) is 39.7 Å². The molecule has 2 aromatic rings. The van der Waals surface area contributed by atoms with Crippen LogP contribution < -0.4 is 14.9 Å². The zero-order chi connectivity index (χ0) is 16.4. The van der Waals surface area contributed by atoms with Gasteiger partial charge in [0.1, 0.15) is 18.2 Å². The molecule has 4 nitrogen and oxygen atoms in total. The average molecular weight is 329 g/mol. The molecule has 2 atom stereocenters. The van der Waals surface area contributed by atoms with E-state index >= 15 is 0 Å². The van der Waals surface area contributed by atoms with E-state index in [1.165, 1.54) is 17.7 Å². The maximum Gasteiger partial charge on any atom is 0.174 e. The molecule has 2 heterocycles. The zero-order valence-corrected chi connectivity index (χ0v) is 13.3. The molecule has 0 bridgehead atoms. The van der Waals surface area contributed by atoms with E-state index in [9.17, 15) is 4.39 Å². The van der Waals surface area contributed by atoms with Crippen LogP contribution in [0, 0.1) is 11.7 Å². The fourth-order valence-corrected chi connectivity index (χ4v) is 3.43. The molecular weight excluding hydrogens is 309 g/mol. The van der Waals surface area contributed by atoms with Crippen molar-refractivity contribution in [1.29, 1.82) is 0 Å². The quantitative estimate of drug-likeness (QED) is 0.873. The van der Waals surface area contributed by atoms with E-state index in [-0.39, 0.29) is 5.82 Å². The lowest BCUT2D eigenvalue weighted by molar-refractivity contribution is -0.194. The molecule has 0 spiro atoms. The van der Waals surface area contributed by atoms with E-state index in [2.05, 4.69) is 5.32 Å².